The number of nitrogens with zero attached hydrogens (tertiary/aromatic N) is 1. The molecule has 0 amide bonds. The highest BCUT2D eigenvalue weighted by Crippen LogP contribution is 2.30. The molecule has 6 heteroatoms. The van der Waals surface area contributed by atoms with E-state index in [0.29, 0.717) is 18.1 Å². The normalized spacial score (nSPS) is 10.1. The zero-order valence-corrected chi connectivity index (χ0v) is 11.3. The van der Waals surface area contributed by atoms with Crippen LogP contribution in [0.15, 0.2) is 34.9 Å². The number of carbonyl (C=O) groups is 1. The summed E-state index contributed by atoms with van der Waals surface area (Å²) in [4.78, 5) is 15.4. The molecule has 6 nitrogen and oxygen atoms in total. The van der Waals surface area contributed by atoms with Crippen molar-refractivity contribution in [2.45, 2.75) is 13.8 Å². The number of rotatable bonds is 6. The average molecular weight is 277 g/mol. The van der Waals surface area contributed by atoms with Gasteiger partial charge >= 0.3 is 12.0 Å². The van der Waals surface area contributed by atoms with Gasteiger partial charge in [-0.15, -0.1) is 0 Å². The van der Waals surface area contributed by atoms with Gasteiger partial charge in [-0.05, 0) is 26.0 Å². The summed E-state index contributed by atoms with van der Waals surface area (Å²) >= 11 is 0. The van der Waals surface area contributed by atoms with Crippen LogP contribution in [-0.2, 0) is 4.74 Å². The van der Waals surface area contributed by atoms with E-state index >= 15 is 0 Å². The lowest BCUT2D eigenvalue weighted by molar-refractivity contribution is 0.0519. The van der Waals surface area contributed by atoms with Gasteiger partial charge in [-0.3, -0.25) is 0 Å². The summed E-state index contributed by atoms with van der Waals surface area (Å²) in [5.41, 5.74) is 0.0655. The Morgan fingerprint density at radius 2 is 1.95 bits per heavy atom. The van der Waals surface area contributed by atoms with Crippen molar-refractivity contribution < 1.29 is 23.4 Å². The third-order valence-corrected chi connectivity index (χ3v) is 2.31. The Balaban J connectivity index is 2.12. The molecule has 0 bridgehead atoms. The molecular formula is C14H15NO5. The van der Waals surface area contributed by atoms with Crippen LogP contribution in [0.4, 0.5) is 0 Å². The minimum atomic E-state index is -0.552. The first-order chi connectivity index (χ1) is 9.74. The molecule has 20 heavy (non-hydrogen) atoms. The van der Waals surface area contributed by atoms with Gasteiger partial charge in [0.2, 0.25) is 0 Å². The monoisotopic (exact) mass is 277 g/mol. The molecule has 0 spiro atoms. The van der Waals surface area contributed by atoms with Crippen molar-refractivity contribution in [1.29, 1.82) is 0 Å². The molecule has 0 fully saturated rings. The molecule has 0 saturated heterocycles. The van der Waals surface area contributed by atoms with Crippen molar-refractivity contribution in [2.24, 2.45) is 0 Å². The van der Waals surface area contributed by atoms with E-state index < -0.39 is 5.97 Å². The zero-order valence-electron chi connectivity index (χ0n) is 11.3. The highest BCUT2D eigenvalue weighted by atomic mass is 16.6. The molecule has 0 aliphatic carbocycles. The van der Waals surface area contributed by atoms with Crippen LogP contribution in [0.3, 0.4) is 0 Å². The number of aromatic nitrogens is 1. The molecule has 0 aliphatic rings. The number of hydrogen-bond acceptors (Lipinski definition) is 6. The van der Waals surface area contributed by atoms with Crippen LogP contribution in [0.25, 0.3) is 0 Å². The zero-order chi connectivity index (χ0) is 14.4. The van der Waals surface area contributed by atoms with E-state index in [0.717, 1.165) is 0 Å². The number of benzene rings is 1. The summed E-state index contributed by atoms with van der Waals surface area (Å²) in [6.07, 6.45) is 1.15. The van der Waals surface area contributed by atoms with Crippen molar-refractivity contribution in [1.82, 2.24) is 4.98 Å². The first-order valence-electron chi connectivity index (χ1n) is 6.27. The lowest BCUT2D eigenvalue weighted by atomic mass is 10.3. The summed E-state index contributed by atoms with van der Waals surface area (Å²) in [6.45, 7) is 4.38. The van der Waals surface area contributed by atoms with E-state index in [2.05, 4.69) is 4.98 Å². The van der Waals surface area contributed by atoms with Gasteiger partial charge in [0.25, 0.3) is 0 Å². The predicted octanol–water partition coefficient (Wildman–Crippen LogP) is 3.04. The van der Waals surface area contributed by atoms with Gasteiger partial charge in [-0.25, -0.2) is 4.79 Å². The molecule has 106 valence electrons. The summed E-state index contributed by atoms with van der Waals surface area (Å²) in [6, 6.07) is 7.12. The van der Waals surface area contributed by atoms with Gasteiger partial charge in [0.15, 0.2) is 17.2 Å². The second-order valence-corrected chi connectivity index (χ2v) is 3.70. The number of oxazole rings is 1. The van der Waals surface area contributed by atoms with Gasteiger partial charge in [0.1, 0.15) is 6.26 Å². The number of carbonyl (C=O) groups excluding carboxylic acids is 1. The first kappa shape index (κ1) is 13.9. The van der Waals surface area contributed by atoms with Crippen LogP contribution in [0.2, 0.25) is 0 Å². The minimum absolute atomic E-state index is 0.0415. The third-order valence-electron chi connectivity index (χ3n) is 2.31. The Hall–Kier alpha value is -2.50. The van der Waals surface area contributed by atoms with E-state index in [4.69, 9.17) is 18.6 Å². The highest BCUT2D eigenvalue weighted by molar-refractivity contribution is 5.86. The maximum atomic E-state index is 11.5. The molecule has 0 atom stereocenters. The fraction of sp³-hybridized carbons (Fsp3) is 0.286. The van der Waals surface area contributed by atoms with Crippen LogP contribution in [-0.4, -0.2) is 24.2 Å². The lowest BCUT2D eigenvalue weighted by Crippen LogP contribution is -2.04. The predicted molar refractivity (Wildman–Crippen MR) is 70.1 cm³/mol. The molecule has 0 saturated carbocycles. The first-order valence-corrected chi connectivity index (χ1v) is 6.27. The van der Waals surface area contributed by atoms with Gasteiger partial charge in [0.05, 0.1) is 13.2 Å². The fourth-order valence-corrected chi connectivity index (χ4v) is 1.51. The minimum Gasteiger partial charge on any atom is -0.490 e. The maximum absolute atomic E-state index is 11.5. The second-order valence-electron chi connectivity index (χ2n) is 3.70. The highest BCUT2D eigenvalue weighted by Gasteiger charge is 2.15. The van der Waals surface area contributed by atoms with Crippen molar-refractivity contribution in [3.05, 3.63) is 36.2 Å². The van der Waals surface area contributed by atoms with E-state index in [9.17, 15) is 4.79 Å². The van der Waals surface area contributed by atoms with Gasteiger partial charge in [-0.2, -0.15) is 4.98 Å². The molecule has 0 aliphatic heterocycles. The van der Waals surface area contributed by atoms with E-state index in [-0.39, 0.29) is 18.4 Å². The van der Waals surface area contributed by atoms with Crippen LogP contribution in [0.5, 0.6) is 17.6 Å². The van der Waals surface area contributed by atoms with Gasteiger partial charge in [0, 0.05) is 0 Å². The summed E-state index contributed by atoms with van der Waals surface area (Å²) in [5.74, 6) is 0.488. The van der Waals surface area contributed by atoms with Crippen molar-refractivity contribution in [2.75, 3.05) is 13.2 Å². The van der Waals surface area contributed by atoms with Crippen molar-refractivity contribution in [3.63, 3.8) is 0 Å². The standard InChI is InChI=1S/C14H15NO5/c1-3-17-11-7-5-6-8-12(11)20-14-15-10(9-19-14)13(16)18-4-2/h5-9H,3-4H2,1-2H3. The van der Waals surface area contributed by atoms with Gasteiger partial charge in [-0.1, -0.05) is 12.1 Å². The Kier molecular flexibility index (Phi) is 4.60. The summed E-state index contributed by atoms with van der Waals surface area (Å²) in [5, 5.41) is 0. The SMILES string of the molecule is CCOC(=O)c1coc(Oc2ccccc2OCC)n1. The van der Waals surface area contributed by atoms with E-state index in [1.54, 1.807) is 25.1 Å². The van der Waals surface area contributed by atoms with Crippen LogP contribution < -0.4 is 9.47 Å². The maximum Gasteiger partial charge on any atom is 0.400 e. The largest absolute Gasteiger partial charge is 0.490 e. The molecule has 1 aromatic carbocycles. The summed E-state index contributed by atoms with van der Waals surface area (Å²) in [7, 11) is 0. The van der Waals surface area contributed by atoms with Crippen molar-refractivity contribution in [3.8, 4) is 17.6 Å². The molecule has 0 N–H and O–H groups in total. The Morgan fingerprint density at radius 3 is 2.65 bits per heavy atom. The van der Waals surface area contributed by atoms with Gasteiger partial charge < -0.3 is 18.6 Å². The van der Waals surface area contributed by atoms with Crippen LogP contribution >= 0.6 is 0 Å². The fourth-order valence-electron chi connectivity index (χ4n) is 1.51. The Labute approximate surface area is 116 Å². The molecule has 2 aromatic rings. The molecule has 1 heterocycles. The smallest absolute Gasteiger partial charge is 0.400 e. The molecule has 0 radical (unpaired) electrons. The molecule has 0 unspecified atom stereocenters. The van der Waals surface area contributed by atoms with Crippen molar-refractivity contribution >= 4 is 5.97 Å². The van der Waals surface area contributed by atoms with E-state index in [1.165, 1.54) is 6.26 Å². The van der Waals surface area contributed by atoms with Crippen LogP contribution in [0.1, 0.15) is 24.3 Å². The molecular weight excluding hydrogens is 262 g/mol. The lowest BCUT2D eigenvalue weighted by Gasteiger charge is -2.08. The average Bonchev–Trinajstić information content (AvgIpc) is 2.90. The number of esters is 1. The molecule has 2 rings (SSSR count). The van der Waals surface area contributed by atoms with Crippen LogP contribution in [0, 0.1) is 0 Å². The number of ether oxygens (including phenoxy) is 3. The number of para-hydroxylation sites is 2. The quantitative estimate of drug-likeness (QED) is 0.756. The Morgan fingerprint density at radius 1 is 1.20 bits per heavy atom. The number of hydrogen-bond donors (Lipinski definition) is 0. The van der Waals surface area contributed by atoms with E-state index in [1.807, 2.05) is 13.0 Å². The topological polar surface area (TPSA) is 70.8 Å². The molecule has 1 aromatic heterocycles. The summed E-state index contributed by atoms with van der Waals surface area (Å²) < 4.78 is 20.8. The second kappa shape index (κ2) is 6.60. The third kappa shape index (κ3) is 3.28. The Bertz CT molecular complexity index is 578.